The van der Waals surface area contributed by atoms with Crippen molar-refractivity contribution in [2.75, 3.05) is 20.2 Å². The molecule has 6 heteroatoms. The molecule has 6 nitrogen and oxygen atoms in total. The molecule has 1 fully saturated rings. The second-order valence-corrected chi connectivity index (χ2v) is 6.96. The van der Waals surface area contributed by atoms with E-state index in [1.54, 1.807) is 7.11 Å². The minimum Gasteiger partial charge on any atom is -0.380 e. The van der Waals surface area contributed by atoms with Gasteiger partial charge in [0.1, 0.15) is 5.82 Å². The summed E-state index contributed by atoms with van der Waals surface area (Å²) in [5.74, 6) is 1.00. The Kier molecular flexibility index (Phi) is 4.90. The largest absolute Gasteiger partial charge is 0.380 e. The molecular weight excluding hydrogens is 340 g/mol. The normalized spacial score (nSPS) is 17.4. The van der Waals surface area contributed by atoms with Crippen LogP contribution in [0, 0.1) is 0 Å². The Labute approximate surface area is 158 Å². The number of rotatable bonds is 4. The zero-order chi connectivity index (χ0) is 18.8. The first-order chi connectivity index (χ1) is 13.2. The summed E-state index contributed by atoms with van der Waals surface area (Å²) >= 11 is 0. The highest BCUT2D eigenvalue weighted by atomic mass is 16.5. The van der Waals surface area contributed by atoms with E-state index < -0.39 is 0 Å². The first-order valence-corrected chi connectivity index (χ1v) is 9.45. The number of imidazole rings is 1. The number of likely N-dealkylation sites (tertiary alicyclic amines) is 1. The van der Waals surface area contributed by atoms with Gasteiger partial charge in [0.25, 0.3) is 5.91 Å². The summed E-state index contributed by atoms with van der Waals surface area (Å²) in [7, 11) is 1.71. The molecule has 0 unspecified atom stereocenters. The minimum absolute atomic E-state index is 0.0676. The van der Waals surface area contributed by atoms with E-state index in [-0.39, 0.29) is 12.0 Å². The number of nitrogens with one attached hydrogen (secondary N) is 1. The van der Waals surface area contributed by atoms with Gasteiger partial charge < -0.3 is 14.6 Å². The molecule has 0 spiro atoms. The molecule has 3 aromatic rings. The Hall–Kier alpha value is -2.73. The van der Waals surface area contributed by atoms with Gasteiger partial charge in [-0.2, -0.15) is 0 Å². The first-order valence-electron chi connectivity index (χ1n) is 9.45. The maximum absolute atomic E-state index is 12.8. The molecule has 0 radical (unpaired) electrons. The fourth-order valence-corrected chi connectivity index (χ4v) is 3.58. The number of piperidine rings is 1. The van der Waals surface area contributed by atoms with E-state index in [1.165, 1.54) is 0 Å². The van der Waals surface area contributed by atoms with Gasteiger partial charge in [-0.3, -0.25) is 4.79 Å². The Morgan fingerprint density at radius 3 is 2.85 bits per heavy atom. The number of fused-ring (bicyclic) bond motifs is 1. The van der Waals surface area contributed by atoms with Crippen LogP contribution >= 0.6 is 0 Å². The average Bonchev–Trinajstić information content (AvgIpc) is 3.16. The van der Waals surface area contributed by atoms with Crippen LogP contribution in [0.25, 0.3) is 22.3 Å². The second kappa shape index (κ2) is 7.48. The van der Waals surface area contributed by atoms with Crippen molar-refractivity contribution in [2.24, 2.45) is 0 Å². The number of nitrogens with zero attached hydrogens (tertiary/aromatic N) is 3. The molecular formula is C21H24N4O2. The Bertz CT molecular complexity index is 948. The van der Waals surface area contributed by atoms with E-state index in [4.69, 9.17) is 4.74 Å². The first kappa shape index (κ1) is 17.7. The van der Waals surface area contributed by atoms with Gasteiger partial charge in [0.05, 0.1) is 11.6 Å². The summed E-state index contributed by atoms with van der Waals surface area (Å²) in [5, 5.41) is 0. The summed E-state index contributed by atoms with van der Waals surface area (Å²) < 4.78 is 5.42. The summed E-state index contributed by atoms with van der Waals surface area (Å²) in [6.45, 7) is 3.52. The monoisotopic (exact) mass is 364 g/mol. The molecule has 3 heterocycles. The SMILES string of the molecule is CCc1nc2ncc(-c3ccc(C(=O)N4CCC[C@H](OC)C4)cc3)cc2[nH]1. The summed E-state index contributed by atoms with van der Waals surface area (Å²) in [6.07, 6.45) is 4.82. The summed E-state index contributed by atoms with van der Waals surface area (Å²) in [4.78, 5) is 26.8. The van der Waals surface area contributed by atoms with Crippen molar-refractivity contribution in [3.63, 3.8) is 0 Å². The number of hydrogen-bond donors (Lipinski definition) is 1. The van der Waals surface area contributed by atoms with Gasteiger partial charge in [-0.25, -0.2) is 9.97 Å². The third-order valence-corrected chi connectivity index (χ3v) is 5.19. The molecule has 1 aliphatic rings. The predicted octanol–water partition coefficient (Wildman–Crippen LogP) is 3.44. The lowest BCUT2D eigenvalue weighted by Gasteiger charge is -2.32. The highest BCUT2D eigenvalue weighted by Gasteiger charge is 2.24. The highest BCUT2D eigenvalue weighted by molar-refractivity contribution is 5.95. The fourth-order valence-electron chi connectivity index (χ4n) is 3.58. The second-order valence-electron chi connectivity index (χ2n) is 6.96. The Balaban J connectivity index is 1.54. The number of ether oxygens (including phenoxy) is 1. The van der Waals surface area contributed by atoms with Gasteiger partial charge in [-0.15, -0.1) is 0 Å². The van der Waals surface area contributed by atoms with Crippen LogP contribution in [0.4, 0.5) is 0 Å². The van der Waals surface area contributed by atoms with Crippen molar-refractivity contribution in [3.8, 4) is 11.1 Å². The molecule has 1 aromatic carbocycles. The summed E-state index contributed by atoms with van der Waals surface area (Å²) in [5.41, 5.74) is 4.41. The fraction of sp³-hybridized carbons (Fsp3) is 0.381. The van der Waals surface area contributed by atoms with Crippen LogP contribution in [-0.4, -0.2) is 52.1 Å². The molecule has 0 aliphatic carbocycles. The Morgan fingerprint density at radius 2 is 2.11 bits per heavy atom. The number of pyridine rings is 1. The number of aromatic nitrogens is 3. The molecule has 1 atom stereocenters. The average molecular weight is 364 g/mol. The molecule has 27 heavy (non-hydrogen) atoms. The van der Waals surface area contributed by atoms with Crippen LogP contribution in [0.1, 0.15) is 35.9 Å². The van der Waals surface area contributed by atoms with Crippen LogP contribution < -0.4 is 0 Å². The highest BCUT2D eigenvalue weighted by Crippen LogP contribution is 2.23. The van der Waals surface area contributed by atoms with E-state index >= 15 is 0 Å². The van der Waals surface area contributed by atoms with Crippen LogP contribution in [-0.2, 0) is 11.2 Å². The van der Waals surface area contributed by atoms with E-state index in [1.807, 2.05) is 35.4 Å². The lowest BCUT2D eigenvalue weighted by atomic mass is 10.0. The van der Waals surface area contributed by atoms with Gasteiger partial charge in [0, 0.05) is 43.9 Å². The van der Waals surface area contributed by atoms with Crippen molar-refractivity contribution >= 4 is 17.1 Å². The van der Waals surface area contributed by atoms with Crippen LogP contribution in [0.2, 0.25) is 0 Å². The molecule has 1 aliphatic heterocycles. The van der Waals surface area contributed by atoms with E-state index in [2.05, 4.69) is 27.9 Å². The maximum atomic E-state index is 12.8. The molecule has 1 saturated heterocycles. The van der Waals surface area contributed by atoms with Crippen molar-refractivity contribution in [1.82, 2.24) is 19.9 Å². The molecule has 2 aromatic heterocycles. The third kappa shape index (κ3) is 3.57. The number of carbonyl (C=O) groups excluding carboxylic acids is 1. The van der Waals surface area contributed by atoms with Crippen molar-refractivity contribution < 1.29 is 9.53 Å². The number of benzene rings is 1. The number of H-pyrrole nitrogens is 1. The number of aromatic amines is 1. The zero-order valence-corrected chi connectivity index (χ0v) is 15.7. The number of amides is 1. The molecule has 0 bridgehead atoms. The predicted molar refractivity (Wildman–Crippen MR) is 105 cm³/mol. The van der Waals surface area contributed by atoms with Crippen molar-refractivity contribution in [3.05, 3.63) is 47.9 Å². The van der Waals surface area contributed by atoms with Gasteiger partial charge >= 0.3 is 0 Å². The molecule has 140 valence electrons. The van der Waals surface area contributed by atoms with E-state index in [0.717, 1.165) is 53.9 Å². The van der Waals surface area contributed by atoms with Crippen molar-refractivity contribution in [2.45, 2.75) is 32.3 Å². The molecule has 0 saturated carbocycles. The third-order valence-electron chi connectivity index (χ3n) is 5.19. The molecule has 1 amide bonds. The van der Waals surface area contributed by atoms with Crippen molar-refractivity contribution in [1.29, 1.82) is 0 Å². The van der Waals surface area contributed by atoms with Crippen LogP contribution in [0.5, 0.6) is 0 Å². The van der Waals surface area contributed by atoms with E-state index in [9.17, 15) is 4.79 Å². The van der Waals surface area contributed by atoms with E-state index in [0.29, 0.717) is 12.1 Å². The number of methoxy groups -OCH3 is 1. The molecule has 4 rings (SSSR count). The lowest BCUT2D eigenvalue weighted by Crippen LogP contribution is -2.42. The number of carbonyl (C=O) groups is 1. The van der Waals surface area contributed by atoms with Gasteiger partial charge in [0.15, 0.2) is 5.65 Å². The Morgan fingerprint density at radius 1 is 1.30 bits per heavy atom. The smallest absolute Gasteiger partial charge is 0.253 e. The minimum atomic E-state index is 0.0676. The van der Waals surface area contributed by atoms with Gasteiger partial charge in [0.2, 0.25) is 0 Å². The molecule has 1 N–H and O–H groups in total. The van der Waals surface area contributed by atoms with Gasteiger partial charge in [-0.05, 0) is 36.6 Å². The lowest BCUT2D eigenvalue weighted by molar-refractivity contribution is 0.0269. The van der Waals surface area contributed by atoms with Gasteiger partial charge in [-0.1, -0.05) is 19.1 Å². The maximum Gasteiger partial charge on any atom is 0.253 e. The van der Waals surface area contributed by atoms with Crippen LogP contribution in [0.3, 0.4) is 0 Å². The zero-order valence-electron chi connectivity index (χ0n) is 15.7. The standard InChI is InChI=1S/C21H24N4O2/c1-3-19-23-18-11-16(12-22-20(18)24-19)14-6-8-15(9-7-14)21(26)25-10-4-5-17(13-25)27-2/h6-9,11-12,17H,3-5,10,13H2,1-2H3,(H,22,23,24)/t17-/m0/s1. The number of aryl methyl sites for hydroxylation is 1. The number of hydrogen-bond acceptors (Lipinski definition) is 4. The topological polar surface area (TPSA) is 71.1 Å². The van der Waals surface area contributed by atoms with Crippen LogP contribution in [0.15, 0.2) is 36.5 Å². The quantitative estimate of drug-likeness (QED) is 0.770. The summed E-state index contributed by atoms with van der Waals surface area (Å²) in [6, 6.07) is 9.79.